The van der Waals surface area contributed by atoms with E-state index in [-0.39, 0.29) is 34.5 Å². The Kier molecular flexibility index (Phi) is 8.30. The Balaban J connectivity index is 1.48. The van der Waals surface area contributed by atoms with E-state index in [2.05, 4.69) is 6.92 Å². The molecule has 0 saturated carbocycles. The fourth-order valence-corrected chi connectivity index (χ4v) is 5.07. The summed E-state index contributed by atoms with van der Waals surface area (Å²) in [7, 11) is 0. The first kappa shape index (κ1) is 25.2. The van der Waals surface area contributed by atoms with E-state index in [1.165, 1.54) is 0 Å². The van der Waals surface area contributed by atoms with Crippen molar-refractivity contribution in [3.05, 3.63) is 58.2 Å². The predicted octanol–water partition coefficient (Wildman–Crippen LogP) is 8.12. The number of ether oxygens (including phenoxy) is 2. The van der Waals surface area contributed by atoms with Gasteiger partial charge in [-0.2, -0.15) is 0 Å². The molecule has 34 heavy (non-hydrogen) atoms. The van der Waals surface area contributed by atoms with Crippen molar-refractivity contribution < 1.29 is 27.0 Å². The Morgan fingerprint density at radius 3 is 1.82 bits per heavy atom. The van der Waals surface area contributed by atoms with Crippen molar-refractivity contribution in [3.63, 3.8) is 0 Å². The van der Waals surface area contributed by atoms with Gasteiger partial charge in [-0.15, -0.1) is 0 Å². The number of halogens is 4. The molecule has 0 amide bonds. The van der Waals surface area contributed by atoms with E-state index in [0.29, 0.717) is 50.0 Å². The van der Waals surface area contributed by atoms with E-state index in [0.717, 1.165) is 25.7 Å². The molecular weight excluding hydrogens is 444 g/mol. The molecule has 2 atom stereocenters. The molecule has 2 aliphatic rings. The highest BCUT2D eigenvalue weighted by molar-refractivity contribution is 5.76. The van der Waals surface area contributed by atoms with Crippen LogP contribution in [0.2, 0.25) is 0 Å². The van der Waals surface area contributed by atoms with Gasteiger partial charge in [0.1, 0.15) is 11.6 Å². The van der Waals surface area contributed by atoms with Gasteiger partial charge in [0, 0.05) is 17.0 Å². The van der Waals surface area contributed by atoms with Crippen molar-refractivity contribution in [2.45, 2.75) is 83.8 Å². The van der Waals surface area contributed by atoms with Gasteiger partial charge in [-0.25, -0.2) is 17.6 Å². The number of unbranched alkanes of at least 4 members (excludes halogenated alkanes) is 2. The SMILES string of the molecule is CCCCCC1OCC(CCc2ccc3c(c2F)C(F)C(F)c2c-3ccc(CCC)c2F)CO1. The van der Waals surface area contributed by atoms with Crippen LogP contribution < -0.4 is 0 Å². The van der Waals surface area contributed by atoms with Crippen LogP contribution in [-0.2, 0) is 22.3 Å². The van der Waals surface area contributed by atoms with E-state index in [4.69, 9.17) is 9.47 Å². The second-order valence-electron chi connectivity index (χ2n) is 9.55. The second kappa shape index (κ2) is 11.2. The van der Waals surface area contributed by atoms with Gasteiger partial charge < -0.3 is 9.47 Å². The number of alkyl halides is 2. The molecular formula is C28H34F4O2. The molecule has 2 nitrogen and oxygen atoms in total. The number of hydrogen-bond acceptors (Lipinski definition) is 2. The molecule has 0 spiro atoms. The summed E-state index contributed by atoms with van der Waals surface area (Å²) in [6.45, 7) is 5.15. The number of aryl methyl sites for hydroxylation is 2. The molecule has 0 radical (unpaired) electrons. The summed E-state index contributed by atoms with van der Waals surface area (Å²) in [4.78, 5) is 0. The summed E-state index contributed by atoms with van der Waals surface area (Å²) in [5.41, 5.74) is 0.586. The minimum absolute atomic E-state index is 0.125. The predicted molar refractivity (Wildman–Crippen MR) is 125 cm³/mol. The van der Waals surface area contributed by atoms with Gasteiger partial charge >= 0.3 is 0 Å². The quantitative estimate of drug-likeness (QED) is 0.268. The Bertz CT molecular complexity index is 985. The van der Waals surface area contributed by atoms with Crippen molar-refractivity contribution in [1.82, 2.24) is 0 Å². The maximum absolute atomic E-state index is 15.4. The summed E-state index contributed by atoms with van der Waals surface area (Å²) in [6, 6.07) is 6.39. The standard InChI is InChI=1S/C28H34F4O2/c1-3-5-6-8-22-33-15-17(16-34-22)9-10-19-12-14-21-20-13-11-18(7-4-2)25(29)23(20)27(31)28(32)24(21)26(19)30/h11-14,17,22,27-28H,3-10,15-16H2,1-2H3. The highest BCUT2D eigenvalue weighted by Gasteiger charge is 2.39. The maximum atomic E-state index is 15.4. The lowest BCUT2D eigenvalue weighted by Gasteiger charge is -2.30. The third-order valence-corrected chi connectivity index (χ3v) is 7.04. The van der Waals surface area contributed by atoms with Crippen LogP contribution in [0.25, 0.3) is 11.1 Å². The average Bonchev–Trinajstić information content (AvgIpc) is 2.84. The van der Waals surface area contributed by atoms with E-state index < -0.39 is 24.0 Å². The monoisotopic (exact) mass is 478 g/mol. The molecule has 186 valence electrons. The number of hydrogen-bond donors (Lipinski definition) is 0. The van der Waals surface area contributed by atoms with Gasteiger partial charge in [0.25, 0.3) is 0 Å². The summed E-state index contributed by atoms with van der Waals surface area (Å²) in [5, 5.41) is 0. The molecule has 1 aliphatic heterocycles. The lowest BCUT2D eigenvalue weighted by atomic mass is 9.80. The van der Waals surface area contributed by atoms with E-state index >= 15 is 13.2 Å². The molecule has 0 aromatic heterocycles. The minimum atomic E-state index is -2.24. The zero-order valence-electron chi connectivity index (χ0n) is 20.0. The van der Waals surface area contributed by atoms with Gasteiger partial charge in [0.2, 0.25) is 0 Å². The smallest absolute Gasteiger partial charge is 0.164 e. The Morgan fingerprint density at radius 1 is 0.735 bits per heavy atom. The zero-order valence-corrected chi connectivity index (χ0v) is 20.0. The summed E-state index contributed by atoms with van der Waals surface area (Å²) < 4.78 is 72.1. The highest BCUT2D eigenvalue weighted by Crippen LogP contribution is 2.51. The maximum Gasteiger partial charge on any atom is 0.164 e. The third-order valence-electron chi connectivity index (χ3n) is 7.04. The second-order valence-corrected chi connectivity index (χ2v) is 9.55. The number of benzene rings is 2. The fraction of sp³-hybridized carbons (Fsp3) is 0.571. The Hall–Kier alpha value is -1.92. The van der Waals surface area contributed by atoms with Crippen LogP contribution in [0.1, 0.15) is 87.0 Å². The molecule has 2 aromatic carbocycles. The molecule has 4 rings (SSSR count). The normalized spacial score (nSPS) is 24.1. The Labute approximate surface area is 199 Å². The highest BCUT2D eigenvalue weighted by atomic mass is 19.2. The van der Waals surface area contributed by atoms with Crippen LogP contribution in [0.3, 0.4) is 0 Å². The van der Waals surface area contributed by atoms with Crippen LogP contribution in [-0.4, -0.2) is 19.5 Å². The van der Waals surface area contributed by atoms with Crippen molar-refractivity contribution >= 4 is 0 Å². The number of rotatable bonds is 9. The topological polar surface area (TPSA) is 18.5 Å². The van der Waals surface area contributed by atoms with Crippen molar-refractivity contribution in [2.75, 3.05) is 13.2 Å². The molecule has 0 bridgehead atoms. The lowest BCUT2D eigenvalue weighted by molar-refractivity contribution is -0.204. The largest absolute Gasteiger partial charge is 0.352 e. The average molecular weight is 479 g/mol. The lowest BCUT2D eigenvalue weighted by Crippen LogP contribution is -2.32. The van der Waals surface area contributed by atoms with Crippen LogP contribution in [0.4, 0.5) is 17.6 Å². The minimum Gasteiger partial charge on any atom is -0.352 e. The Morgan fingerprint density at radius 2 is 1.29 bits per heavy atom. The van der Waals surface area contributed by atoms with Crippen LogP contribution in [0.5, 0.6) is 0 Å². The van der Waals surface area contributed by atoms with Crippen LogP contribution >= 0.6 is 0 Å². The first-order valence-corrected chi connectivity index (χ1v) is 12.6. The zero-order chi connectivity index (χ0) is 24.2. The molecule has 1 heterocycles. The first-order valence-electron chi connectivity index (χ1n) is 12.6. The molecule has 2 aromatic rings. The molecule has 2 unspecified atom stereocenters. The van der Waals surface area contributed by atoms with Crippen LogP contribution in [0.15, 0.2) is 24.3 Å². The number of fused-ring (bicyclic) bond motifs is 3. The van der Waals surface area contributed by atoms with Gasteiger partial charge in [0.15, 0.2) is 18.6 Å². The summed E-state index contributed by atoms with van der Waals surface area (Å²) in [6.07, 6.45) is 1.73. The van der Waals surface area contributed by atoms with Gasteiger partial charge in [-0.05, 0) is 54.4 Å². The fourth-order valence-electron chi connectivity index (χ4n) is 5.07. The summed E-state index contributed by atoms with van der Waals surface area (Å²) >= 11 is 0. The van der Waals surface area contributed by atoms with E-state index in [1.807, 2.05) is 6.92 Å². The van der Waals surface area contributed by atoms with Crippen molar-refractivity contribution in [2.24, 2.45) is 5.92 Å². The summed E-state index contributed by atoms with van der Waals surface area (Å²) in [5.74, 6) is -1.32. The third kappa shape index (κ3) is 5.03. The molecule has 1 saturated heterocycles. The van der Waals surface area contributed by atoms with Gasteiger partial charge in [-0.1, -0.05) is 57.4 Å². The van der Waals surface area contributed by atoms with Gasteiger partial charge in [0.05, 0.1) is 13.2 Å². The van der Waals surface area contributed by atoms with Gasteiger partial charge in [-0.3, -0.25) is 0 Å². The molecule has 1 aliphatic carbocycles. The molecule has 1 fully saturated rings. The van der Waals surface area contributed by atoms with Crippen molar-refractivity contribution in [3.8, 4) is 11.1 Å². The molecule has 0 N–H and O–H groups in total. The van der Waals surface area contributed by atoms with E-state index in [1.54, 1.807) is 24.3 Å². The van der Waals surface area contributed by atoms with Crippen molar-refractivity contribution in [1.29, 1.82) is 0 Å². The molecule has 6 heteroatoms. The van der Waals surface area contributed by atoms with Crippen LogP contribution in [0, 0.1) is 17.6 Å². The first-order chi connectivity index (χ1) is 16.5. The van der Waals surface area contributed by atoms with E-state index in [9.17, 15) is 4.39 Å².